The van der Waals surface area contributed by atoms with Gasteiger partial charge in [-0.2, -0.15) is 0 Å². The van der Waals surface area contributed by atoms with Crippen molar-refractivity contribution in [1.82, 2.24) is 10.2 Å². The number of likely N-dealkylation sites (N-methyl/N-ethyl adjacent to an activating group) is 1. The standard InChI is InChI=1S/C18H24N2O.ClH/c1-20(14-8-10-19-12-14)17(21)16-11-18(16)9-4-6-13-5-2-3-7-15(13)18;/h2-3,5,7,14,16,19H,4,6,8-12H2,1H3;1H. The summed E-state index contributed by atoms with van der Waals surface area (Å²) in [6.45, 7) is 2.00. The average molecular weight is 321 g/mol. The first-order chi connectivity index (χ1) is 10.2. The van der Waals surface area contributed by atoms with E-state index in [-0.39, 0.29) is 23.7 Å². The van der Waals surface area contributed by atoms with E-state index < -0.39 is 0 Å². The Hall–Kier alpha value is -1.06. The molecule has 22 heavy (non-hydrogen) atoms. The Labute approximate surface area is 138 Å². The van der Waals surface area contributed by atoms with Gasteiger partial charge in [-0.05, 0) is 49.8 Å². The number of rotatable bonds is 2. The molecule has 0 radical (unpaired) electrons. The van der Waals surface area contributed by atoms with Crippen molar-refractivity contribution in [3.8, 4) is 0 Å². The normalized spacial score (nSPS) is 32.2. The molecule has 1 heterocycles. The van der Waals surface area contributed by atoms with E-state index >= 15 is 0 Å². The first-order valence-corrected chi connectivity index (χ1v) is 8.28. The highest BCUT2D eigenvalue weighted by atomic mass is 35.5. The molecular weight excluding hydrogens is 296 g/mol. The number of hydrogen-bond donors (Lipinski definition) is 1. The van der Waals surface area contributed by atoms with Gasteiger partial charge in [-0.3, -0.25) is 4.79 Å². The van der Waals surface area contributed by atoms with Crippen LogP contribution in [0.25, 0.3) is 0 Å². The van der Waals surface area contributed by atoms with E-state index in [0.717, 1.165) is 25.9 Å². The lowest BCUT2D eigenvalue weighted by Gasteiger charge is -2.29. The lowest BCUT2D eigenvalue weighted by molar-refractivity contribution is -0.133. The van der Waals surface area contributed by atoms with E-state index in [4.69, 9.17) is 0 Å². The van der Waals surface area contributed by atoms with Crippen molar-refractivity contribution >= 4 is 18.3 Å². The van der Waals surface area contributed by atoms with Crippen molar-refractivity contribution in [2.45, 2.75) is 43.6 Å². The second-order valence-electron chi connectivity index (χ2n) is 7.02. The highest BCUT2D eigenvalue weighted by molar-refractivity contribution is 5.85. The number of benzene rings is 1. The van der Waals surface area contributed by atoms with Gasteiger partial charge in [0.15, 0.2) is 0 Å². The van der Waals surface area contributed by atoms with E-state index in [0.29, 0.717) is 11.9 Å². The molecule has 2 fully saturated rings. The Morgan fingerprint density at radius 1 is 1.36 bits per heavy atom. The number of carbonyl (C=O) groups is 1. The molecule has 1 saturated carbocycles. The number of nitrogens with one attached hydrogen (secondary N) is 1. The van der Waals surface area contributed by atoms with E-state index in [1.165, 1.54) is 30.4 Å². The van der Waals surface area contributed by atoms with Crippen LogP contribution in [0.15, 0.2) is 24.3 Å². The highest BCUT2D eigenvalue weighted by Crippen LogP contribution is 2.60. The summed E-state index contributed by atoms with van der Waals surface area (Å²) in [5.74, 6) is 0.602. The minimum Gasteiger partial charge on any atom is -0.341 e. The summed E-state index contributed by atoms with van der Waals surface area (Å²) >= 11 is 0. The van der Waals surface area contributed by atoms with Gasteiger partial charge < -0.3 is 10.2 Å². The van der Waals surface area contributed by atoms with E-state index in [9.17, 15) is 4.79 Å². The van der Waals surface area contributed by atoms with Crippen LogP contribution in [0.5, 0.6) is 0 Å². The van der Waals surface area contributed by atoms with Gasteiger partial charge in [0, 0.05) is 31.0 Å². The molecule has 0 bridgehead atoms. The maximum Gasteiger partial charge on any atom is 0.226 e. The Morgan fingerprint density at radius 3 is 2.95 bits per heavy atom. The SMILES string of the molecule is CN(C(=O)C1CC12CCCc1ccccc12)C1CCNC1.Cl. The van der Waals surface area contributed by atoms with Crippen LogP contribution >= 0.6 is 12.4 Å². The molecule has 1 saturated heterocycles. The Balaban J connectivity index is 0.00000144. The number of nitrogens with zero attached hydrogens (tertiary/aromatic N) is 1. The minimum atomic E-state index is 0. The zero-order chi connectivity index (χ0) is 14.4. The number of fused-ring (bicyclic) bond motifs is 2. The molecule has 3 aliphatic rings. The molecule has 3 unspecified atom stereocenters. The molecule has 2 aliphatic carbocycles. The van der Waals surface area contributed by atoms with Gasteiger partial charge in [0.25, 0.3) is 0 Å². The quantitative estimate of drug-likeness (QED) is 0.908. The van der Waals surface area contributed by atoms with Gasteiger partial charge in [0.1, 0.15) is 0 Å². The number of aryl methyl sites for hydroxylation is 1. The van der Waals surface area contributed by atoms with Crippen molar-refractivity contribution < 1.29 is 4.79 Å². The summed E-state index contributed by atoms with van der Waals surface area (Å²) in [4.78, 5) is 14.9. The zero-order valence-electron chi connectivity index (χ0n) is 13.2. The molecule has 4 rings (SSSR count). The lowest BCUT2D eigenvalue weighted by Crippen LogP contribution is -2.40. The van der Waals surface area contributed by atoms with Crippen LogP contribution in [-0.2, 0) is 16.6 Å². The number of carbonyl (C=O) groups excluding carboxylic acids is 1. The van der Waals surface area contributed by atoms with Crippen molar-refractivity contribution in [3.05, 3.63) is 35.4 Å². The van der Waals surface area contributed by atoms with Gasteiger partial charge in [-0.15, -0.1) is 12.4 Å². The van der Waals surface area contributed by atoms with Gasteiger partial charge >= 0.3 is 0 Å². The highest BCUT2D eigenvalue weighted by Gasteiger charge is 2.60. The van der Waals surface area contributed by atoms with Crippen LogP contribution in [0.1, 0.15) is 36.8 Å². The van der Waals surface area contributed by atoms with Gasteiger partial charge in [-0.1, -0.05) is 24.3 Å². The topological polar surface area (TPSA) is 32.3 Å². The van der Waals surface area contributed by atoms with Crippen LogP contribution in [0, 0.1) is 5.92 Å². The maximum absolute atomic E-state index is 12.9. The van der Waals surface area contributed by atoms with E-state index in [1.54, 1.807) is 0 Å². The van der Waals surface area contributed by atoms with Gasteiger partial charge in [0.2, 0.25) is 5.91 Å². The Kier molecular flexibility index (Phi) is 4.21. The fourth-order valence-corrected chi connectivity index (χ4v) is 4.55. The molecule has 1 spiro atoms. The number of amides is 1. The summed E-state index contributed by atoms with van der Waals surface area (Å²) in [7, 11) is 2.00. The van der Waals surface area contributed by atoms with E-state index in [1.807, 2.05) is 11.9 Å². The first kappa shape index (κ1) is 15.8. The predicted octanol–water partition coefficient (Wildman–Crippen LogP) is 2.52. The van der Waals surface area contributed by atoms with Crippen LogP contribution in [0.4, 0.5) is 0 Å². The second kappa shape index (κ2) is 5.86. The second-order valence-corrected chi connectivity index (χ2v) is 7.02. The molecule has 0 aromatic heterocycles. The van der Waals surface area contributed by atoms with Crippen molar-refractivity contribution in [1.29, 1.82) is 0 Å². The molecule has 1 N–H and O–H groups in total. The van der Waals surface area contributed by atoms with Crippen LogP contribution in [0.2, 0.25) is 0 Å². The smallest absolute Gasteiger partial charge is 0.226 e. The van der Waals surface area contributed by atoms with Gasteiger partial charge in [0.05, 0.1) is 0 Å². The first-order valence-electron chi connectivity index (χ1n) is 8.28. The van der Waals surface area contributed by atoms with Crippen LogP contribution < -0.4 is 5.32 Å². The van der Waals surface area contributed by atoms with Crippen molar-refractivity contribution in [2.75, 3.05) is 20.1 Å². The fraction of sp³-hybridized carbons (Fsp3) is 0.611. The minimum absolute atomic E-state index is 0. The zero-order valence-corrected chi connectivity index (χ0v) is 14.0. The molecular formula is C18H25ClN2O. The van der Waals surface area contributed by atoms with E-state index in [2.05, 4.69) is 29.6 Å². The molecule has 3 nitrogen and oxygen atoms in total. The Morgan fingerprint density at radius 2 is 2.18 bits per heavy atom. The molecule has 1 aliphatic heterocycles. The lowest BCUT2D eigenvalue weighted by atomic mass is 9.78. The molecule has 1 aromatic carbocycles. The third kappa shape index (κ3) is 2.35. The van der Waals surface area contributed by atoms with Crippen molar-refractivity contribution in [2.24, 2.45) is 5.92 Å². The summed E-state index contributed by atoms with van der Waals surface area (Å²) in [6, 6.07) is 9.18. The maximum atomic E-state index is 12.9. The fourth-order valence-electron chi connectivity index (χ4n) is 4.55. The number of hydrogen-bond acceptors (Lipinski definition) is 2. The number of halogens is 1. The van der Waals surface area contributed by atoms with Crippen molar-refractivity contribution in [3.63, 3.8) is 0 Å². The summed E-state index contributed by atoms with van der Waals surface area (Å²) in [5.41, 5.74) is 3.11. The summed E-state index contributed by atoms with van der Waals surface area (Å²) < 4.78 is 0. The molecule has 3 atom stereocenters. The monoisotopic (exact) mass is 320 g/mol. The summed E-state index contributed by atoms with van der Waals surface area (Å²) in [5, 5.41) is 3.36. The van der Waals surface area contributed by atoms with Crippen LogP contribution in [-0.4, -0.2) is 37.0 Å². The molecule has 120 valence electrons. The molecule has 1 aromatic rings. The van der Waals surface area contributed by atoms with Crippen LogP contribution in [0.3, 0.4) is 0 Å². The third-order valence-electron chi connectivity index (χ3n) is 5.93. The average Bonchev–Trinajstić information content (AvgIpc) is 2.98. The van der Waals surface area contributed by atoms with Gasteiger partial charge in [-0.25, -0.2) is 0 Å². The molecule has 4 heteroatoms. The largest absolute Gasteiger partial charge is 0.341 e. The summed E-state index contributed by atoms with van der Waals surface area (Å²) in [6.07, 6.45) is 5.76. The predicted molar refractivity (Wildman–Crippen MR) is 90.5 cm³/mol. The molecule has 1 amide bonds. The Bertz CT molecular complexity index is 570. The third-order valence-corrected chi connectivity index (χ3v) is 5.93.